The van der Waals surface area contributed by atoms with E-state index in [1.807, 2.05) is 33.8 Å². The van der Waals surface area contributed by atoms with E-state index in [0.29, 0.717) is 25.8 Å². The molecule has 0 aromatic heterocycles. The van der Waals surface area contributed by atoms with Gasteiger partial charge in [0, 0.05) is 34.5 Å². The Morgan fingerprint density at radius 2 is 2.00 bits per heavy atom. The van der Waals surface area contributed by atoms with E-state index in [0.717, 1.165) is 19.3 Å². The van der Waals surface area contributed by atoms with Crippen LogP contribution in [0.15, 0.2) is 12.7 Å². The first-order valence-corrected chi connectivity index (χ1v) is 15.4. The van der Waals surface area contributed by atoms with Gasteiger partial charge in [-0.15, -0.1) is 18.3 Å². The molecule has 214 valence electrons. The van der Waals surface area contributed by atoms with Gasteiger partial charge in [-0.25, -0.2) is 0 Å². The summed E-state index contributed by atoms with van der Waals surface area (Å²) < 4.78 is 5.91. The van der Waals surface area contributed by atoms with E-state index >= 15 is 0 Å². The summed E-state index contributed by atoms with van der Waals surface area (Å²) in [5.74, 6) is -0.00758. The lowest BCUT2D eigenvalue weighted by atomic mass is 9.48. The van der Waals surface area contributed by atoms with E-state index in [1.165, 1.54) is 11.8 Å². The number of amides is 1. The number of esters is 1. The van der Waals surface area contributed by atoms with Crippen LogP contribution in [0.4, 0.5) is 0 Å². The Balaban J connectivity index is 1.51. The summed E-state index contributed by atoms with van der Waals surface area (Å²) in [6.07, 6.45) is 5.28. The normalized spacial score (nSPS) is 40.9. The van der Waals surface area contributed by atoms with Crippen molar-refractivity contribution in [2.24, 2.45) is 45.7 Å². The number of ether oxygens (including phenoxy) is 1. The maximum Gasteiger partial charge on any atom is 0.316 e. The number of rotatable bonds is 9. The van der Waals surface area contributed by atoms with Crippen molar-refractivity contribution in [1.29, 1.82) is 0 Å². The average molecular weight is 549 g/mol. The smallest absolute Gasteiger partial charge is 0.316 e. The summed E-state index contributed by atoms with van der Waals surface area (Å²) in [7, 11) is 0. The van der Waals surface area contributed by atoms with Gasteiger partial charge in [0.15, 0.2) is 0 Å². The van der Waals surface area contributed by atoms with Gasteiger partial charge >= 0.3 is 5.97 Å². The van der Waals surface area contributed by atoms with Gasteiger partial charge < -0.3 is 20.9 Å². The Hall–Kier alpha value is -1.38. The van der Waals surface area contributed by atoms with Gasteiger partial charge in [0.1, 0.15) is 11.9 Å². The molecule has 4 saturated carbocycles. The molecule has 0 radical (unpaired) electrons. The lowest BCUT2D eigenvalue weighted by Crippen LogP contribution is -2.57. The summed E-state index contributed by atoms with van der Waals surface area (Å²) in [6, 6.07) is -0.566. The monoisotopic (exact) mass is 548 g/mol. The average Bonchev–Trinajstić information content (AvgIpc) is 3.38. The highest BCUT2D eigenvalue weighted by molar-refractivity contribution is 8.01. The second-order valence-electron chi connectivity index (χ2n) is 13.8. The number of hydrogen-bond acceptors (Lipinski definition) is 7. The van der Waals surface area contributed by atoms with Crippen molar-refractivity contribution < 1.29 is 24.2 Å². The number of ketones is 1. The minimum atomic E-state index is -0.613. The van der Waals surface area contributed by atoms with Gasteiger partial charge in [0.25, 0.3) is 0 Å². The number of carbonyl (C=O) groups excluding carboxylic acids is 3. The number of thioether (sulfide) groups is 1. The molecule has 4 fully saturated rings. The summed E-state index contributed by atoms with van der Waals surface area (Å²) in [5.41, 5.74) is 4.69. The fourth-order valence-corrected chi connectivity index (χ4v) is 9.33. The molecule has 1 spiro atoms. The summed E-state index contributed by atoms with van der Waals surface area (Å²) in [5, 5.41) is 14.6. The third-order valence-electron chi connectivity index (χ3n) is 11.0. The zero-order chi connectivity index (χ0) is 28.3. The van der Waals surface area contributed by atoms with Crippen molar-refractivity contribution in [3.8, 4) is 0 Å². The van der Waals surface area contributed by atoms with Gasteiger partial charge in [0.2, 0.25) is 5.91 Å². The van der Waals surface area contributed by atoms with Gasteiger partial charge in [-0.3, -0.25) is 14.4 Å². The van der Waals surface area contributed by atoms with Crippen LogP contribution >= 0.6 is 11.8 Å². The van der Waals surface area contributed by atoms with Crippen LogP contribution in [0.3, 0.4) is 0 Å². The van der Waals surface area contributed by atoms with Crippen LogP contribution in [0.2, 0.25) is 0 Å². The van der Waals surface area contributed by atoms with Crippen molar-refractivity contribution in [2.75, 3.05) is 12.3 Å². The first kappa shape index (κ1) is 29.6. The molecule has 4 aliphatic rings. The van der Waals surface area contributed by atoms with E-state index < -0.39 is 33.8 Å². The molecule has 4 aliphatic carbocycles. The molecule has 7 nitrogen and oxygen atoms in total. The van der Waals surface area contributed by atoms with Crippen molar-refractivity contribution in [3.63, 3.8) is 0 Å². The number of fused-ring (bicyclic) bond motifs is 1. The summed E-state index contributed by atoms with van der Waals surface area (Å²) in [6.45, 7) is 16.6. The zero-order valence-electron chi connectivity index (χ0n) is 24.0. The van der Waals surface area contributed by atoms with Gasteiger partial charge in [-0.05, 0) is 69.1 Å². The molecule has 0 aliphatic heterocycles. The Bertz CT molecular complexity index is 984. The number of hydrogen-bond donors (Lipinski definition) is 3. The Morgan fingerprint density at radius 3 is 2.63 bits per heavy atom. The number of nitrogens with one attached hydrogen (secondary N) is 1. The zero-order valence-corrected chi connectivity index (χ0v) is 24.9. The topological polar surface area (TPSA) is 119 Å². The van der Waals surface area contributed by atoms with E-state index in [4.69, 9.17) is 10.5 Å². The number of Topliss-reactive ketones (excluding diaryl/α,β-unsaturated/α-hetero) is 1. The SMILES string of the molecule is C=C[C@@]12C[C@@H](OC(=O)CSC(C)(C)CNC(=O)[C@H](N)C(C)C)[C@@]3(C1)C1C(=O)CC[C@@]1(CC[C@H]3C)[C@@H](C)C2O. The molecule has 8 heteroatoms. The molecule has 0 saturated heterocycles. The number of nitrogens with two attached hydrogens (primary N) is 1. The molecule has 2 unspecified atom stereocenters. The lowest BCUT2D eigenvalue weighted by molar-refractivity contribution is -0.179. The van der Waals surface area contributed by atoms with E-state index in [9.17, 15) is 19.5 Å². The molecule has 4 N–H and O–H groups in total. The fraction of sp³-hybridized carbons (Fsp3) is 0.833. The van der Waals surface area contributed by atoms with Crippen molar-refractivity contribution in [3.05, 3.63) is 12.7 Å². The van der Waals surface area contributed by atoms with Crippen molar-refractivity contribution >= 4 is 29.4 Å². The van der Waals surface area contributed by atoms with Crippen molar-refractivity contribution in [1.82, 2.24) is 5.32 Å². The van der Waals surface area contributed by atoms with Gasteiger partial charge in [-0.2, -0.15) is 0 Å². The Kier molecular flexibility index (Phi) is 7.96. The maximum atomic E-state index is 13.6. The van der Waals surface area contributed by atoms with Gasteiger partial charge in [-0.1, -0.05) is 33.8 Å². The number of carbonyl (C=O) groups is 3. The molecular weight excluding hydrogens is 500 g/mol. The summed E-state index contributed by atoms with van der Waals surface area (Å²) >= 11 is 1.44. The van der Waals surface area contributed by atoms with Crippen LogP contribution in [-0.4, -0.2) is 58.1 Å². The summed E-state index contributed by atoms with van der Waals surface area (Å²) in [4.78, 5) is 39.2. The highest BCUT2D eigenvalue weighted by atomic mass is 32.2. The predicted octanol–water partition coefficient (Wildman–Crippen LogP) is 3.87. The lowest BCUT2D eigenvalue weighted by Gasteiger charge is -2.56. The third kappa shape index (κ3) is 4.56. The van der Waals surface area contributed by atoms with Crippen LogP contribution in [0, 0.1) is 39.9 Å². The molecule has 0 aromatic carbocycles. The molecule has 3 bridgehead atoms. The number of aliphatic hydroxyl groups is 1. The highest BCUT2D eigenvalue weighted by Crippen LogP contribution is 2.75. The van der Waals surface area contributed by atoms with Crippen LogP contribution in [0.5, 0.6) is 0 Å². The minimum Gasteiger partial charge on any atom is -0.461 e. The van der Waals surface area contributed by atoms with Crippen LogP contribution in [0.25, 0.3) is 0 Å². The molecular formula is C30H48N2O5S. The Morgan fingerprint density at radius 1 is 1.32 bits per heavy atom. The van der Waals surface area contributed by atoms with E-state index in [1.54, 1.807) is 0 Å². The molecule has 9 atom stereocenters. The molecule has 4 rings (SSSR count). The van der Waals surface area contributed by atoms with E-state index in [2.05, 4.69) is 25.7 Å². The van der Waals surface area contributed by atoms with Crippen molar-refractivity contribution in [2.45, 2.75) is 103 Å². The number of aliphatic hydroxyl groups excluding tert-OH is 1. The molecule has 0 aromatic rings. The standard InChI is InChI=1S/C30H48N2O5S/c1-8-28-13-21(37-22(34)14-38-27(6,7)16-32-26(36)23(31)17(2)3)30(15-28)18(4)9-11-29(19(5)25(28)35)12-10-20(33)24(29)30/h8,17-19,21,23-25,35H,1,9-16,31H2,2-7H3,(H,32,36)/t18-,19+,21-,23-,24?,25?,28-,29+,30+/m1/s1. The molecule has 38 heavy (non-hydrogen) atoms. The maximum absolute atomic E-state index is 13.6. The van der Waals surface area contributed by atoms with Crippen LogP contribution < -0.4 is 11.1 Å². The highest BCUT2D eigenvalue weighted by Gasteiger charge is 2.75. The first-order valence-electron chi connectivity index (χ1n) is 14.4. The van der Waals surface area contributed by atoms with Crippen LogP contribution in [0.1, 0.15) is 80.1 Å². The fourth-order valence-electron chi connectivity index (χ4n) is 8.58. The first-order chi connectivity index (χ1) is 17.7. The van der Waals surface area contributed by atoms with E-state index in [-0.39, 0.29) is 52.5 Å². The Labute approximate surface area is 232 Å². The quantitative estimate of drug-likeness (QED) is 0.296. The largest absolute Gasteiger partial charge is 0.461 e. The van der Waals surface area contributed by atoms with Gasteiger partial charge in [0.05, 0.1) is 17.9 Å². The minimum absolute atomic E-state index is 0.00152. The predicted molar refractivity (Wildman–Crippen MR) is 150 cm³/mol. The second-order valence-corrected chi connectivity index (χ2v) is 15.4. The van der Waals surface area contributed by atoms with Crippen LogP contribution in [-0.2, 0) is 19.1 Å². The molecule has 0 heterocycles. The molecule has 1 amide bonds. The third-order valence-corrected chi connectivity index (χ3v) is 12.3. The second kappa shape index (κ2) is 10.2.